The molecule has 1 spiro atoms. The van der Waals surface area contributed by atoms with Crippen molar-refractivity contribution >= 4 is 15.9 Å². The van der Waals surface area contributed by atoms with Crippen LogP contribution in [0.4, 0.5) is 0 Å². The van der Waals surface area contributed by atoms with Crippen molar-refractivity contribution < 1.29 is 18.3 Å². The minimum absolute atomic E-state index is 0.0511. The van der Waals surface area contributed by atoms with Crippen LogP contribution >= 0.6 is 0 Å². The van der Waals surface area contributed by atoms with Crippen LogP contribution in [0.15, 0.2) is 24.8 Å². The van der Waals surface area contributed by atoms with Gasteiger partial charge in [0.1, 0.15) is 0 Å². The van der Waals surface area contributed by atoms with Gasteiger partial charge in [0, 0.05) is 11.3 Å². The number of carbonyl (C=O) groups excluding carboxylic acids is 1. The first-order valence-corrected chi connectivity index (χ1v) is 11.6. The van der Waals surface area contributed by atoms with Crippen molar-refractivity contribution in [3.05, 3.63) is 24.8 Å². The van der Waals surface area contributed by atoms with Gasteiger partial charge in [0.2, 0.25) is 15.9 Å². The minimum atomic E-state index is -3.61. The first-order chi connectivity index (χ1) is 12.5. The lowest BCUT2D eigenvalue weighted by molar-refractivity contribution is -0.134. The molecule has 0 aromatic carbocycles. The Balaban J connectivity index is 1.93. The monoisotopic (exact) mass is 395 g/mol. The maximum absolute atomic E-state index is 13.5. The fourth-order valence-corrected chi connectivity index (χ4v) is 8.74. The van der Waals surface area contributed by atoms with Gasteiger partial charge in [-0.05, 0) is 49.4 Å². The van der Waals surface area contributed by atoms with Gasteiger partial charge >= 0.3 is 0 Å². The Hall–Kier alpha value is -1.14. The van der Waals surface area contributed by atoms with E-state index >= 15 is 0 Å². The van der Waals surface area contributed by atoms with E-state index in [2.05, 4.69) is 27.0 Å². The third kappa shape index (κ3) is 2.91. The molecule has 2 bridgehead atoms. The van der Waals surface area contributed by atoms with E-state index in [1.54, 1.807) is 6.08 Å². The standard InChI is InChI=1S/C21H33NO4S/c1-6-7-17(15(3)10-14(2)12-23)19(24)22-18-11-16-8-9-21(18,20(16,4)5)13-27(22,25)26/h6,15-18,23H,1-2,7-13H2,3-5H3/t15-,16+,17-,18+,21-/m0/s1. The normalized spacial score (nSPS) is 34.9. The second-order valence-electron chi connectivity index (χ2n) is 9.48. The molecule has 1 heterocycles. The average molecular weight is 396 g/mol. The smallest absolute Gasteiger partial charge is 0.240 e. The number of hydrogen-bond acceptors (Lipinski definition) is 4. The summed E-state index contributed by atoms with van der Waals surface area (Å²) in [4.78, 5) is 13.5. The van der Waals surface area contributed by atoms with Gasteiger partial charge in [0.05, 0.1) is 18.4 Å². The zero-order chi connectivity index (χ0) is 20.2. The molecule has 1 saturated heterocycles. The fourth-order valence-electron chi connectivity index (χ4n) is 6.16. The highest BCUT2D eigenvalue weighted by Crippen LogP contribution is 2.70. The fraction of sp³-hybridized carbons (Fsp3) is 0.762. The van der Waals surface area contributed by atoms with Crippen molar-refractivity contribution in [2.75, 3.05) is 12.4 Å². The zero-order valence-electron chi connectivity index (χ0n) is 16.8. The first kappa shape index (κ1) is 20.6. The summed E-state index contributed by atoms with van der Waals surface area (Å²) in [7, 11) is -3.61. The van der Waals surface area contributed by atoms with E-state index in [0.29, 0.717) is 24.3 Å². The summed E-state index contributed by atoms with van der Waals surface area (Å²) in [5.41, 5.74) is 0.305. The van der Waals surface area contributed by atoms with E-state index < -0.39 is 15.9 Å². The average Bonchev–Trinajstić information content (AvgIpc) is 3.06. The molecule has 27 heavy (non-hydrogen) atoms. The van der Waals surface area contributed by atoms with Crippen molar-refractivity contribution in [1.82, 2.24) is 4.31 Å². The number of amides is 1. The summed E-state index contributed by atoms with van der Waals surface area (Å²) >= 11 is 0. The van der Waals surface area contributed by atoms with Gasteiger partial charge in [0.15, 0.2) is 0 Å². The van der Waals surface area contributed by atoms with Crippen LogP contribution in [0.25, 0.3) is 0 Å². The Kier molecular flexibility index (Phi) is 5.13. The topological polar surface area (TPSA) is 74.7 Å². The van der Waals surface area contributed by atoms with Crippen molar-refractivity contribution in [3.63, 3.8) is 0 Å². The van der Waals surface area contributed by atoms with E-state index in [-0.39, 0.29) is 41.1 Å². The maximum Gasteiger partial charge on any atom is 0.240 e. The zero-order valence-corrected chi connectivity index (χ0v) is 17.6. The largest absolute Gasteiger partial charge is 0.392 e. The van der Waals surface area contributed by atoms with Gasteiger partial charge in [-0.15, -0.1) is 6.58 Å². The molecule has 2 aliphatic carbocycles. The van der Waals surface area contributed by atoms with Gasteiger partial charge in [-0.1, -0.05) is 39.0 Å². The highest BCUT2D eigenvalue weighted by Gasteiger charge is 2.72. The second-order valence-corrected chi connectivity index (χ2v) is 11.3. The van der Waals surface area contributed by atoms with Crippen molar-refractivity contribution in [3.8, 4) is 0 Å². The predicted octanol–water partition coefficient (Wildman–Crippen LogP) is 3.12. The van der Waals surface area contributed by atoms with Crippen LogP contribution in [0.1, 0.15) is 52.9 Å². The van der Waals surface area contributed by atoms with Crippen LogP contribution in [-0.4, -0.2) is 42.1 Å². The minimum Gasteiger partial charge on any atom is -0.392 e. The quantitative estimate of drug-likeness (QED) is 0.672. The van der Waals surface area contributed by atoms with Gasteiger partial charge in [-0.3, -0.25) is 4.79 Å². The van der Waals surface area contributed by atoms with E-state index in [0.717, 1.165) is 19.3 Å². The number of aliphatic hydroxyl groups is 1. The molecule has 5 nitrogen and oxygen atoms in total. The Labute approximate surface area is 163 Å². The highest BCUT2D eigenvalue weighted by atomic mass is 32.2. The summed E-state index contributed by atoms with van der Waals surface area (Å²) < 4.78 is 27.5. The van der Waals surface area contributed by atoms with Crippen LogP contribution < -0.4 is 0 Å². The number of rotatable bonds is 7. The summed E-state index contributed by atoms with van der Waals surface area (Å²) in [6, 6.07) is -0.204. The molecule has 5 atom stereocenters. The molecule has 152 valence electrons. The summed E-state index contributed by atoms with van der Waals surface area (Å²) in [5, 5.41) is 9.27. The Bertz CT molecular complexity index is 756. The molecule has 0 aromatic rings. The van der Waals surface area contributed by atoms with Crippen molar-refractivity contribution in [2.24, 2.45) is 28.6 Å². The van der Waals surface area contributed by atoms with Gasteiger partial charge in [-0.25, -0.2) is 12.7 Å². The number of hydrogen-bond donors (Lipinski definition) is 1. The van der Waals surface area contributed by atoms with Crippen LogP contribution in [0.3, 0.4) is 0 Å². The molecular formula is C21H33NO4S. The van der Waals surface area contributed by atoms with Crippen molar-refractivity contribution in [1.29, 1.82) is 0 Å². The Morgan fingerprint density at radius 3 is 2.63 bits per heavy atom. The molecule has 1 aliphatic heterocycles. The van der Waals surface area contributed by atoms with Gasteiger partial charge in [-0.2, -0.15) is 0 Å². The number of aliphatic hydroxyl groups excluding tert-OH is 1. The lowest BCUT2D eigenvalue weighted by atomic mass is 9.69. The molecule has 3 aliphatic rings. The Morgan fingerprint density at radius 1 is 1.41 bits per heavy atom. The molecule has 0 radical (unpaired) electrons. The third-order valence-electron chi connectivity index (χ3n) is 7.89. The molecule has 0 aromatic heterocycles. The predicted molar refractivity (Wildman–Crippen MR) is 106 cm³/mol. The third-order valence-corrected chi connectivity index (χ3v) is 9.80. The van der Waals surface area contributed by atoms with Crippen molar-refractivity contribution in [2.45, 2.75) is 58.9 Å². The molecule has 6 heteroatoms. The summed E-state index contributed by atoms with van der Waals surface area (Å²) in [6.45, 7) is 13.8. The lowest BCUT2D eigenvalue weighted by Crippen LogP contribution is -2.47. The Morgan fingerprint density at radius 2 is 2.07 bits per heavy atom. The molecule has 2 saturated carbocycles. The van der Waals surface area contributed by atoms with Crippen LogP contribution in [0, 0.1) is 28.6 Å². The molecular weight excluding hydrogens is 362 g/mol. The molecule has 1 N–H and O–H groups in total. The second kappa shape index (κ2) is 6.73. The van der Waals surface area contributed by atoms with E-state index in [4.69, 9.17) is 0 Å². The number of carbonyl (C=O) groups is 1. The molecule has 3 fully saturated rings. The first-order valence-electron chi connectivity index (χ1n) is 9.96. The van der Waals surface area contributed by atoms with Gasteiger partial charge < -0.3 is 5.11 Å². The lowest BCUT2D eigenvalue weighted by Gasteiger charge is -2.37. The maximum atomic E-state index is 13.5. The van der Waals surface area contributed by atoms with Gasteiger partial charge in [0.25, 0.3) is 0 Å². The van der Waals surface area contributed by atoms with Crippen LogP contribution in [0.2, 0.25) is 0 Å². The number of allylic oxidation sites excluding steroid dienone is 1. The summed E-state index contributed by atoms with van der Waals surface area (Å²) in [6.07, 6.45) is 5.35. The number of fused-ring (bicyclic) bond motifs is 1. The molecule has 0 unspecified atom stereocenters. The molecule has 3 rings (SSSR count). The van der Waals surface area contributed by atoms with E-state index in [9.17, 15) is 18.3 Å². The SMILES string of the molecule is C=CC[C@H](C(=O)N1[C@@H]2C[C@H]3CC[C@@]2(CS1(=O)=O)C3(C)C)[C@@H](C)CC(=C)CO. The van der Waals surface area contributed by atoms with E-state index in [1.165, 1.54) is 4.31 Å². The number of nitrogens with zero attached hydrogens (tertiary/aromatic N) is 1. The summed E-state index contributed by atoms with van der Waals surface area (Å²) in [5.74, 6) is -0.277. The molecule has 1 amide bonds. The van der Waals surface area contributed by atoms with Crippen LogP contribution in [0.5, 0.6) is 0 Å². The highest BCUT2D eigenvalue weighted by molar-refractivity contribution is 7.90. The van der Waals surface area contributed by atoms with Crippen LogP contribution in [-0.2, 0) is 14.8 Å². The number of sulfonamides is 1. The van der Waals surface area contributed by atoms with E-state index in [1.807, 2.05) is 6.92 Å².